The average Bonchev–Trinajstić information content (AvgIpc) is 2.49. The van der Waals surface area contributed by atoms with Crippen molar-refractivity contribution in [2.24, 2.45) is 0 Å². The van der Waals surface area contributed by atoms with E-state index in [4.69, 9.17) is 4.74 Å². The minimum absolute atomic E-state index is 0.247. The lowest BCUT2D eigenvalue weighted by molar-refractivity contribution is 0.295. The van der Waals surface area contributed by atoms with Gasteiger partial charge >= 0.3 is 0 Å². The van der Waals surface area contributed by atoms with E-state index in [1.807, 2.05) is 6.07 Å². The van der Waals surface area contributed by atoms with Gasteiger partial charge in [-0.3, -0.25) is 0 Å². The molecule has 2 nitrogen and oxygen atoms in total. The summed E-state index contributed by atoms with van der Waals surface area (Å²) in [5.41, 5.74) is 1.77. The van der Waals surface area contributed by atoms with Crippen LogP contribution in [0.15, 0.2) is 41.0 Å². The predicted molar refractivity (Wildman–Crippen MR) is 87.0 cm³/mol. The molecule has 0 saturated heterocycles. The normalized spacial score (nSPS) is 10.6. The second-order valence-corrected chi connectivity index (χ2v) is 5.84. The topological polar surface area (TPSA) is 22.1 Å². The molecule has 0 aliphatic carbocycles. The van der Waals surface area contributed by atoms with Crippen molar-refractivity contribution in [3.63, 3.8) is 0 Å². The molecular weight excluding hydrogens is 333 g/mol. The van der Waals surface area contributed by atoms with Gasteiger partial charge in [-0.1, -0.05) is 38.3 Å². The minimum atomic E-state index is -0.247. The van der Waals surface area contributed by atoms with Crippen LogP contribution in [-0.4, -0.2) is 11.6 Å². The third-order valence-corrected chi connectivity index (χ3v) is 3.64. The van der Waals surface area contributed by atoms with Gasteiger partial charge in [0.1, 0.15) is 5.82 Å². The number of benzene rings is 1. The van der Waals surface area contributed by atoms with Crippen molar-refractivity contribution in [3.05, 3.63) is 46.8 Å². The number of hydrogen-bond acceptors (Lipinski definition) is 2. The van der Waals surface area contributed by atoms with Crippen molar-refractivity contribution in [3.8, 4) is 17.0 Å². The first kappa shape index (κ1) is 16.0. The largest absolute Gasteiger partial charge is 0.477 e. The maximum Gasteiger partial charge on any atom is 0.221 e. The Hall–Kier alpha value is -1.42. The highest BCUT2D eigenvalue weighted by molar-refractivity contribution is 9.10. The van der Waals surface area contributed by atoms with Crippen LogP contribution in [0.2, 0.25) is 0 Å². The zero-order valence-corrected chi connectivity index (χ0v) is 13.7. The van der Waals surface area contributed by atoms with Crippen LogP contribution < -0.4 is 4.74 Å². The Kier molecular flexibility index (Phi) is 6.18. The van der Waals surface area contributed by atoms with Gasteiger partial charge in [-0.2, -0.15) is 0 Å². The lowest BCUT2D eigenvalue weighted by Gasteiger charge is -2.11. The van der Waals surface area contributed by atoms with Crippen LogP contribution >= 0.6 is 15.9 Å². The summed E-state index contributed by atoms with van der Waals surface area (Å²) in [5.74, 6) is 0.352. The van der Waals surface area contributed by atoms with Crippen molar-refractivity contribution >= 4 is 15.9 Å². The SMILES string of the molecule is CCCCCCOc1ncc(Br)cc1-c1ccc(F)cc1. The van der Waals surface area contributed by atoms with E-state index < -0.39 is 0 Å². The molecular formula is C17H19BrFNO. The fourth-order valence-corrected chi connectivity index (χ4v) is 2.41. The quantitative estimate of drug-likeness (QED) is 0.604. The van der Waals surface area contributed by atoms with Gasteiger partial charge in [0, 0.05) is 16.2 Å². The monoisotopic (exact) mass is 351 g/mol. The number of unbranched alkanes of at least 4 members (excludes halogenated alkanes) is 3. The molecule has 0 spiro atoms. The standard InChI is InChI=1S/C17H19BrFNO/c1-2-3-4-5-10-21-17-16(11-14(18)12-20-17)13-6-8-15(19)9-7-13/h6-9,11-12H,2-5,10H2,1H3. The lowest BCUT2D eigenvalue weighted by Crippen LogP contribution is -2.01. The molecule has 0 amide bonds. The van der Waals surface area contributed by atoms with E-state index >= 15 is 0 Å². The molecule has 21 heavy (non-hydrogen) atoms. The Morgan fingerprint density at radius 2 is 1.90 bits per heavy atom. The molecule has 2 rings (SSSR count). The summed E-state index contributed by atoms with van der Waals surface area (Å²) in [6.45, 7) is 2.84. The van der Waals surface area contributed by atoms with Gasteiger partial charge in [0.05, 0.1) is 6.61 Å². The Labute approximate surface area is 133 Å². The van der Waals surface area contributed by atoms with Crippen molar-refractivity contribution in [1.82, 2.24) is 4.98 Å². The van der Waals surface area contributed by atoms with Crippen LogP contribution in [0.1, 0.15) is 32.6 Å². The molecule has 0 N–H and O–H groups in total. The van der Waals surface area contributed by atoms with Gasteiger partial charge < -0.3 is 4.74 Å². The van der Waals surface area contributed by atoms with Crippen LogP contribution in [0.25, 0.3) is 11.1 Å². The van der Waals surface area contributed by atoms with Crippen LogP contribution in [0.4, 0.5) is 4.39 Å². The van der Waals surface area contributed by atoms with Crippen molar-refractivity contribution in [2.45, 2.75) is 32.6 Å². The molecule has 2 aromatic rings. The second kappa shape index (κ2) is 8.13. The first-order valence-electron chi connectivity index (χ1n) is 7.25. The number of ether oxygens (including phenoxy) is 1. The summed E-state index contributed by atoms with van der Waals surface area (Å²) >= 11 is 3.42. The molecule has 0 radical (unpaired) electrons. The Bertz CT molecular complexity index is 572. The molecule has 1 aromatic heterocycles. The molecule has 1 aromatic carbocycles. The maximum atomic E-state index is 13.0. The maximum absolute atomic E-state index is 13.0. The molecule has 0 aliphatic heterocycles. The number of halogens is 2. The van der Waals surface area contributed by atoms with Crippen LogP contribution in [0, 0.1) is 5.82 Å². The second-order valence-electron chi connectivity index (χ2n) is 4.92. The fourth-order valence-electron chi connectivity index (χ4n) is 2.08. The first-order valence-corrected chi connectivity index (χ1v) is 8.04. The zero-order valence-electron chi connectivity index (χ0n) is 12.1. The molecule has 0 atom stereocenters. The Morgan fingerprint density at radius 3 is 2.62 bits per heavy atom. The smallest absolute Gasteiger partial charge is 0.221 e. The molecule has 0 aliphatic rings. The highest BCUT2D eigenvalue weighted by atomic mass is 79.9. The third-order valence-electron chi connectivity index (χ3n) is 3.21. The van der Waals surface area contributed by atoms with Crippen molar-refractivity contribution < 1.29 is 9.13 Å². The van der Waals surface area contributed by atoms with Gasteiger partial charge in [-0.25, -0.2) is 9.37 Å². The average molecular weight is 352 g/mol. The summed E-state index contributed by atoms with van der Waals surface area (Å²) in [6.07, 6.45) is 6.33. The number of aromatic nitrogens is 1. The van der Waals surface area contributed by atoms with Crippen LogP contribution in [0.5, 0.6) is 5.88 Å². The molecule has 1 heterocycles. The van der Waals surface area contributed by atoms with Crippen molar-refractivity contribution in [2.75, 3.05) is 6.61 Å². The molecule has 0 saturated carbocycles. The number of rotatable bonds is 7. The summed E-state index contributed by atoms with van der Waals surface area (Å²) in [6, 6.07) is 8.32. The van der Waals surface area contributed by atoms with E-state index in [1.165, 1.54) is 31.4 Å². The number of hydrogen-bond donors (Lipinski definition) is 0. The van der Waals surface area contributed by atoms with E-state index in [9.17, 15) is 4.39 Å². The summed E-state index contributed by atoms with van der Waals surface area (Å²) in [5, 5.41) is 0. The van der Waals surface area contributed by atoms with Gasteiger partial charge in [0.2, 0.25) is 5.88 Å². The van der Waals surface area contributed by atoms with Crippen LogP contribution in [-0.2, 0) is 0 Å². The molecule has 4 heteroatoms. The van der Waals surface area contributed by atoms with Gasteiger partial charge in [0.15, 0.2) is 0 Å². The van der Waals surface area contributed by atoms with Crippen LogP contribution in [0.3, 0.4) is 0 Å². The molecule has 112 valence electrons. The van der Waals surface area contributed by atoms with Crippen molar-refractivity contribution in [1.29, 1.82) is 0 Å². The predicted octanol–water partition coefficient (Wildman–Crippen LogP) is 5.61. The Balaban J connectivity index is 2.12. The minimum Gasteiger partial charge on any atom is -0.477 e. The van der Waals surface area contributed by atoms with E-state index in [0.29, 0.717) is 12.5 Å². The van der Waals surface area contributed by atoms with E-state index in [1.54, 1.807) is 18.3 Å². The molecule has 0 bridgehead atoms. The first-order chi connectivity index (χ1) is 10.2. The van der Waals surface area contributed by atoms with Gasteiger partial charge in [-0.15, -0.1) is 0 Å². The van der Waals surface area contributed by atoms with Gasteiger partial charge in [0.25, 0.3) is 0 Å². The zero-order chi connectivity index (χ0) is 15.1. The van der Waals surface area contributed by atoms with E-state index in [-0.39, 0.29) is 5.82 Å². The number of nitrogens with zero attached hydrogens (tertiary/aromatic N) is 1. The number of pyridine rings is 1. The summed E-state index contributed by atoms with van der Waals surface area (Å²) in [4.78, 5) is 4.33. The lowest BCUT2D eigenvalue weighted by atomic mass is 10.1. The van der Waals surface area contributed by atoms with E-state index in [2.05, 4.69) is 27.8 Å². The summed E-state index contributed by atoms with van der Waals surface area (Å²) in [7, 11) is 0. The highest BCUT2D eigenvalue weighted by Gasteiger charge is 2.09. The Morgan fingerprint density at radius 1 is 1.14 bits per heavy atom. The third kappa shape index (κ3) is 4.81. The summed E-state index contributed by atoms with van der Waals surface area (Å²) < 4.78 is 19.7. The fraction of sp³-hybridized carbons (Fsp3) is 0.353. The van der Waals surface area contributed by atoms with Gasteiger partial charge in [-0.05, 0) is 46.1 Å². The van der Waals surface area contributed by atoms with E-state index in [0.717, 1.165) is 22.0 Å². The highest BCUT2D eigenvalue weighted by Crippen LogP contribution is 2.30. The molecule has 0 unspecified atom stereocenters. The molecule has 0 fully saturated rings.